The second kappa shape index (κ2) is 7.26. The van der Waals surface area contributed by atoms with Crippen LogP contribution in [0.3, 0.4) is 0 Å². The molecule has 2 aromatic carbocycles. The lowest BCUT2D eigenvalue weighted by Crippen LogP contribution is -2.17. The summed E-state index contributed by atoms with van der Waals surface area (Å²) < 4.78 is 0. The number of allylic oxidation sites excluding steroid dienone is 8. The normalized spacial score (nSPS) is 21.6. The lowest BCUT2D eigenvalue weighted by molar-refractivity contribution is 0.942. The molecule has 128 valence electrons. The first-order valence-corrected chi connectivity index (χ1v) is 11.0. The Morgan fingerprint density at radius 3 is 2.46 bits per heavy atom. The van der Waals surface area contributed by atoms with Gasteiger partial charge >= 0.3 is 0 Å². The van der Waals surface area contributed by atoms with Gasteiger partial charge in [0.05, 0.1) is 0 Å². The predicted molar refractivity (Wildman–Crippen MR) is 113 cm³/mol. The van der Waals surface area contributed by atoms with Gasteiger partial charge in [-0.15, -0.1) is 0 Å². The molecule has 0 saturated carbocycles. The van der Waals surface area contributed by atoms with Gasteiger partial charge in [0, 0.05) is 11.8 Å². The van der Waals surface area contributed by atoms with E-state index in [-0.39, 0.29) is 0 Å². The van der Waals surface area contributed by atoms with Gasteiger partial charge in [0.2, 0.25) is 8.83 Å². The third kappa shape index (κ3) is 2.96. The first kappa shape index (κ1) is 17.3. The summed E-state index contributed by atoms with van der Waals surface area (Å²) in [5.74, 6) is 0.625. The first-order valence-electron chi connectivity index (χ1n) is 8.99. The van der Waals surface area contributed by atoms with Crippen LogP contribution in [0.15, 0.2) is 95.6 Å². The van der Waals surface area contributed by atoms with Crippen LogP contribution in [-0.4, -0.2) is 8.83 Å². The minimum Gasteiger partial charge on any atom is -0.165 e. The summed E-state index contributed by atoms with van der Waals surface area (Å²) in [4.78, 5) is 0. The largest absolute Gasteiger partial charge is 0.210 e. The third-order valence-electron chi connectivity index (χ3n) is 5.46. The van der Waals surface area contributed by atoms with E-state index in [1.807, 2.05) is 0 Å². The van der Waals surface area contributed by atoms with Crippen molar-refractivity contribution in [2.75, 3.05) is 0 Å². The minimum absolute atomic E-state index is 0.305. The summed E-state index contributed by atoms with van der Waals surface area (Å²) in [5, 5.41) is 1.25. The molecular formula is C24H21ClSi. The van der Waals surface area contributed by atoms with Crippen molar-refractivity contribution in [3.05, 3.63) is 112 Å². The van der Waals surface area contributed by atoms with Crippen molar-refractivity contribution in [2.45, 2.75) is 25.7 Å². The van der Waals surface area contributed by atoms with Gasteiger partial charge in [-0.3, -0.25) is 0 Å². The molecule has 2 aliphatic rings. The van der Waals surface area contributed by atoms with Crippen LogP contribution in [0, 0.1) is 6.92 Å². The Bertz CT molecular complexity index is 947. The smallest absolute Gasteiger partial charge is 0.165 e. The SMILES string of the molecule is CC1=CC2=C(C=CC=CC2c2ccccc2)C1c1cccc([Si]Cl)c1C. The zero-order valence-electron chi connectivity index (χ0n) is 15.0. The first-order chi connectivity index (χ1) is 12.7. The molecule has 0 N–H and O–H groups in total. The fourth-order valence-corrected chi connectivity index (χ4v) is 5.22. The van der Waals surface area contributed by atoms with Crippen molar-refractivity contribution in [1.82, 2.24) is 0 Å². The van der Waals surface area contributed by atoms with E-state index >= 15 is 0 Å². The van der Waals surface area contributed by atoms with E-state index in [2.05, 4.69) is 92.8 Å². The van der Waals surface area contributed by atoms with E-state index in [4.69, 9.17) is 11.1 Å². The molecule has 0 spiro atoms. The quantitative estimate of drug-likeness (QED) is 0.477. The number of halogens is 1. The molecule has 2 radical (unpaired) electrons. The van der Waals surface area contributed by atoms with Crippen molar-refractivity contribution in [1.29, 1.82) is 0 Å². The standard InChI is InChI=1S/C24H21ClSi/c1-16-15-22-20(18-9-4-3-5-10-18)11-6-7-12-21(22)24(16)19-13-8-14-23(26-25)17(19)2/h3-15,20,24H,1-2H3. The van der Waals surface area contributed by atoms with Gasteiger partial charge in [0.1, 0.15) is 0 Å². The number of hydrogen-bond acceptors (Lipinski definition) is 0. The molecular weight excluding hydrogens is 352 g/mol. The topological polar surface area (TPSA) is 0 Å². The van der Waals surface area contributed by atoms with Gasteiger partial charge in [0.15, 0.2) is 0 Å². The Balaban J connectivity index is 1.85. The second-order valence-corrected chi connectivity index (χ2v) is 8.27. The van der Waals surface area contributed by atoms with Crippen LogP contribution in [0.25, 0.3) is 0 Å². The van der Waals surface area contributed by atoms with E-state index in [9.17, 15) is 0 Å². The van der Waals surface area contributed by atoms with Crippen LogP contribution in [0.2, 0.25) is 0 Å². The molecule has 2 aliphatic carbocycles. The summed E-state index contributed by atoms with van der Waals surface area (Å²) in [6.45, 7) is 4.47. The molecule has 0 amide bonds. The van der Waals surface area contributed by atoms with Gasteiger partial charge in [-0.2, -0.15) is 11.1 Å². The summed E-state index contributed by atoms with van der Waals surface area (Å²) in [7, 11) is 0.312. The van der Waals surface area contributed by atoms with E-state index in [1.165, 1.54) is 38.6 Å². The van der Waals surface area contributed by atoms with Crippen LogP contribution < -0.4 is 5.19 Å². The minimum atomic E-state index is 0.305. The van der Waals surface area contributed by atoms with Crippen LogP contribution >= 0.6 is 11.1 Å². The van der Waals surface area contributed by atoms with Crippen molar-refractivity contribution >= 4 is 25.1 Å². The highest BCUT2D eigenvalue weighted by molar-refractivity contribution is 7.01. The van der Waals surface area contributed by atoms with Gasteiger partial charge < -0.3 is 0 Å². The Labute approximate surface area is 163 Å². The van der Waals surface area contributed by atoms with Gasteiger partial charge in [-0.1, -0.05) is 84.5 Å². The van der Waals surface area contributed by atoms with Crippen molar-refractivity contribution < 1.29 is 0 Å². The summed E-state index contributed by atoms with van der Waals surface area (Å²) >= 11 is 6.19. The van der Waals surface area contributed by atoms with Crippen molar-refractivity contribution in [2.24, 2.45) is 0 Å². The molecule has 0 saturated heterocycles. The molecule has 2 unspecified atom stereocenters. The zero-order valence-corrected chi connectivity index (χ0v) is 16.8. The van der Waals surface area contributed by atoms with Crippen LogP contribution in [0.5, 0.6) is 0 Å². The maximum Gasteiger partial charge on any atom is 0.210 e. The molecule has 0 aliphatic heterocycles. The molecule has 0 nitrogen and oxygen atoms in total. The Hall–Kier alpha value is -2.09. The van der Waals surface area contributed by atoms with Crippen LogP contribution in [0.1, 0.15) is 35.4 Å². The molecule has 0 fully saturated rings. The molecule has 0 aromatic heterocycles. The van der Waals surface area contributed by atoms with Gasteiger partial charge in [0.25, 0.3) is 0 Å². The Morgan fingerprint density at radius 2 is 1.69 bits per heavy atom. The Morgan fingerprint density at radius 1 is 0.885 bits per heavy atom. The average Bonchev–Trinajstić information content (AvgIpc) is 2.85. The van der Waals surface area contributed by atoms with Crippen molar-refractivity contribution in [3.63, 3.8) is 0 Å². The zero-order chi connectivity index (χ0) is 18.1. The maximum absolute atomic E-state index is 6.19. The summed E-state index contributed by atoms with van der Waals surface area (Å²) in [6, 6.07) is 17.3. The average molecular weight is 373 g/mol. The van der Waals surface area contributed by atoms with Gasteiger partial charge in [-0.05, 0) is 46.9 Å². The number of hydrogen-bond donors (Lipinski definition) is 0. The molecule has 0 bridgehead atoms. The predicted octanol–water partition coefficient (Wildman–Crippen LogP) is 5.73. The number of benzene rings is 2. The molecule has 2 aromatic rings. The molecule has 0 heterocycles. The molecule has 26 heavy (non-hydrogen) atoms. The molecule has 2 atom stereocenters. The Kier molecular flexibility index (Phi) is 4.84. The fraction of sp³-hybridized carbons (Fsp3) is 0.167. The highest BCUT2D eigenvalue weighted by atomic mass is 35.6. The summed E-state index contributed by atoms with van der Waals surface area (Å²) in [6.07, 6.45) is 11.4. The highest BCUT2D eigenvalue weighted by Gasteiger charge is 2.30. The second-order valence-electron chi connectivity index (χ2n) is 6.98. The van der Waals surface area contributed by atoms with Crippen LogP contribution in [-0.2, 0) is 0 Å². The molecule has 4 rings (SSSR count). The van der Waals surface area contributed by atoms with E-state index in [1.54, 1.807) is 0 Å². The van der Waals surface area contributed by atoms with Crippen molar-refractivity contribution in [3.8, 4) is 0 Å². The summed E-state index contributed by atoms with van der Waals surface area (Å²) in [5.41, 5.74) is 8.30. The highest BCUT2D eigenvalue weighted by Crippen LogP contribution is 2.46. The maximum atomic E-state index is 6.19. The van der Waals surface area contributed by atoms with E-state index in [0.717, 1.165) is 0 Å². The third-order valence-corrected chi connectivity index (χ3v) is 6.81. The van der Waals surface area contributed by atoms with Gasteiger partial charge in [-0.25, -0.2) is 0 Å². The lowest BCUT2D eigenvalue weighted by Gasteiger charge is -2.21. The van der Waals surface area contributed by atoms with Crippen LogP contribution in [0.4, 0.5) is 0 Å². The van der Waals surface area contributed by atoms with E-state index < -0.39 is 0 Å². The monoisotopic (exact) mass is 372 g/mol. The number of rotatable bonds is 3. The fourth-order valence-electron chi connectivity index (χ4n) is 4.16. The molecule has 2 heteroatoms. The lowest BCUT2D eigenvalue weighted by atomic mass is 9.84. The van der Waals surface area contributed by atoms with E-state index in [0.29, 0.717) is 20.7 Å².